The summed E-state index contributed by atoms with van der Waals surface area (Å²) in [6, 6.07) is 44.4. The molecule has 9 rings (SSSR count). The molecule has 0 aliphatic carbocycles. The molecule has 0 fully saturated rings. The van der Waals surface area contributed by atoms with Crippen LogP contribution in [0, 0.1) is 0 Å². The van der Waals surface area contributed by atoms with E-state index in [9.17, 15) is 0 Å². The highest BCUT2D eigenvalue weighted by molar-refractivity contribution is 7.22. The van der Waals surface area contributed by atoms with E-state index in [1.165, 1.54) is 15.5 Å². The van der Waals surface area contributed by atoms with E-state index in [1.54, 1.807) is 22.7 Å². The lowest BCUT2D eigenvalue weighted by atomic mass is 10.1. The lowest BCUT2D eigenvalue weighted by Gasteiger charge is -2.22. The number of para-hydroxylation sites is 2. The zero-order valence-electron chi connectivity index (χ0n) is 22.2. The van der Waals surface area contributed by atoms with Gasteiger partial charge in [0.1, 0.15) is 16.2 Å². The van der Waals surface area contributed by atoms with Gasteiger partial charge in [-0.25, -0.2) is 9.97 Å². The van der Waals surface area contributed by atoms with Gasteiger partial charge < -0.3 is 4.42 Å². The molecule has 0 saturated heterocycles. The van der Waals surface area contributed by atoms with Crippen LogP contribution in [0.4, 0.5) is 16.5 Å². The third-order valence-electron chi connectivity index (χ3n) is 7.72. The second kappa shape index (κ2) is 9.24. The third kappa shape index (κ3) is 3.80. The van der Waals surface area contributed by atoms with Gasteiger partial charge in [-0.1, -0.05) is 59.9 Å². The molecule has 0 atom stereocenters. The van der Waals surface area contributed by atoms with Crippen molar-refractivity contribution < 1.29 is 4.42 Å². The Morgan fingerprint density at radius 1 is 0.524 bits per heavy atom. The Morgan fingerprint density at radius 3 is 1.93 bits per heavy atom. The average Bonchev–Trinajstić information content (AvgIpc) is 3.75. The van der Waals surface area contributed by atoms with E-state index in [0.717, 1.165) is 64.7 Å². The van der Waals surface area contributed by atoms with E-state index in [-0.39, 0.29) is 0 Å². The van der Waals surface area contributed by atoms with Crippen LogP contribution >= 0.6 is 22.7 Å². The predicted molar refractivity (Wildman–Crippen MR) is 178 cm³/mol. The standard InChI is InChI=1S/C36H21N3OS2/c1-2-8-24-20-31-28(19-23(24)7-1)27-18-17-26(21-32(27)40-31)39(36-38-30-10-4-6-12-34(30)42-36)25-15-13-22(14-16-25)35-37-29-9-3-5-11-33(29)41-35/h1-21H. The normalized spacial score (nSPS) is 11.8. The first kappa shape index (κ1) is 23.6. The van der Waals surface area contributed by atoms with E-state index >= 15 is 0 Å². The summed E-state index contributed by atoms with van der Waals surface area (Å²) in [5.41, 5.74) is 6.90. The number of furan rings is 1. The molecule has 4 nitrogen and oxygen atoms in total. The number of thiazole rings is 2. The first-order chi connectivity index (χ1) is 20.8. The summed E-state index contributed by atoms with van der Waals surface area (Å²) < 4.78 is 8.78. The molecule has 0 aliphatic heterocycles. The van der Waals surface area contributed by atoms with Gasteiger partial charge in [0.2, 0.25) is 0 Å². The Labute approximate surface area is 248 Å². The van der Waals surface area contributed by atoms with Crippen LogP contribution in [-0.2, 0) is 0 Å². The smallest absolute Gasteiger partial charge is 0.195 e. The molecule has 0 N–H and O–H groups in total. The average molecular weight is 576 g/mol. The van der Waals surface area contributed by atoms with Crippen molar-refractivity contribution >= 4 is 92.3 Å². The Bertz CT molecular complexity index is 2370. The zero-order valence-corrected chi connectivity index (χ0v) is 23.8. The lowest BCUT2D eigenvalue weighted by molar-refractivity contribution is 0.669. The largest absolute Gasteiger partial charge is 0.456 e. The zero-order chi connectivity index (χ0) is 27.6. The number of fused-ring (bicyclic) bond motifs is 6. The minimum atomic E-state index is 0.856. The van der Waals surface area contributed by atoms with E-state index in [1.807, 2.05) is 12.1 Å². The second-order valence-corrected chi connectivity index (χ2v) is 12.4. The fourth-order valence-electron chi connectivity index (χ4n) is 5.66. The number of nitrogens with zero attached hydrogens (tertiary/aromatic N) is 3. The maximum absolute atomic E-state index is 6.44. The van der Waals surface area contributed by atoms with Crippen LogP contribution < -0.4 is 4.90 Å². The first-order valence-electron chi connectivity index (χ1n) is 13.7. The number of hydrogen-bond donors (Lipinski definition) is 0. The number of rotatable bonds is 4. The van der Waals surface area contributed by atoms with Crippen LogP contribution in [0.15, 0.2) is 132 Å². The molecular formula is C36H21N3OS2. The van der Waals surface area contributed by atoms with Gasteiger partial charge >= 0.3 is 0 Å². The Hall–Kier alpha value is -5.04. The van der Waals surface area contributed by atoms with Crippen molar-refractivity contribution in [1.29, 1.82) is 0 Å². The van der Waals surface area contributed by atoms with E-state index in [0.29, 0.717) is 0 Å². The second-order valence-electron chi connectivity index (χ2n) is 10.3. The summed E-state index contributed by atoms with van der Waals surface area (Å²) in [5.74, 6) is 0. The maximum Gasteiger partial charge on any atom is 0.195 e. The maximum atomic E-state index is 6.44. The van der Waals surface area contributed by atoms with Crippen molar-refractivity contribution in [1.82, 2.24) is 9.97 Å². The van der Waals surface area contributed by atoms with Gasteiger partial charge in [-0.15, -0.1) is 11.3 Å². The van der Waals surface area contributed by atoms with Crippen molar-refractivity contribution in [2.24, 2.45) is 0 Å². The van der Waals surface area contributed by atoms with Gasteiger partial charge in [-0.2, -0.15) is 0 Å². The van der Waals surface area contributed by atoms with Crippen LogP contribution in [0.5, 0.6) is 0 Å². The molecule has 0 saturated carbocycles. The Kier molecular flexibility index (Phi) is 5.20. The fraction of sp³-hybridized carbons (Fsp3) is 0. The van der Waals surface area contributed by atoms with Crippen molar-refractivity contribution in [3.8, 4) is 10.6 Å². The Morgan fingerprint density at radius 2 is 1.17 bits per heavy atom. The van der Waals surface area contributed by atoms with Crippen molar-refractivity contribution in [3.05, 3.63) is 127 Å². The molecule has 0 bridgehead atoms. The SMILES string of the molecule is c1ccc2cc3c(cc2c1)oc1cc(N(c2ccc(-c4nc5ccccc5s4)cc2)c2nc4ccccc4s2)ccc13. The molecule has 3 heterocycles. The van der Waals surface area contributed by atoms with Gasteiger partial charge in [0, 0.05) is 28.1 Å². The highest BCUT2D eigenvalue weighted by Gasteiger charge is 2.19. The first-order valence-corrected chi connectivity index (χ1v) is 15.4. The molecule has 9 aromatic rings. The van der Waals surface area contributed by atoms with Crippen LogP contribution in [0.2, 0.25) is 0 Å². The summed E-state index contributed by atoms with van der Waals surface area (Å²) in [6.07, 6.45) is 0. The van der Waals surface area contributed by atoms with E-state index < -0.39 is 0 Å². The number of benzene rings is 6. The molecule has 0 unspecified atom stereocenters. The van der Waals surface area contributed by atoms with Gasteiger partial charge in [-0.05, 0) is 83.6 Å². The highest BCUT2D eigenvalue weighted by Crippen LogP contribution is 2.42. The molecular weight excluding hydrogens is 555 g/mol. The molecule has 0 radical (unpaired) electrons. The third-order valence-corrected chi connectivity index (χ3v) is 9.83. The van der Waals surface area contributed by atoms with Crippen molar-refractivity contribution in [2.75, 3.05) is 4.90 Å². The number of hydrogen-bond acceptors (Lipinski definition) is 6. The highest BCUT2D eigenvalue weighted by atomic mass is 32.1. The van der Waals surface area contributed by atoms with Crippen molar-refractivity contribution in [2.45, 2.75) is 0 Å². The summed E-state index contributed by atoms with van der Waals surface area (Å²) in [6.45, 7) is 0. The topological polar surface area (TPSA) is 42.2 Å². The summed E-state index contributed by atoms with van der Waals surface area (Å²) in [4.78, 5) is 12.1. The Balaban J connectivity index is 1.19. The van der Waals surface area contributed by atoms with E-state index in [4.69, 9.17) is 14.4 Å². The summed E-state index contributed by atoms with van der Waals surface area (Å²) in [7, 11) is 0. The molecule has 6 heteroatoms. The molecule has 0 aliphatic rings. The summed E-state index contributed by atoms with van der Waals surface area (Å²) in [5, 5.41) is 6.54. The fourth-order valence-corrected chi connectivity index (χ4v) is 7.64. The molecule has 0 spiro atoms. The van der Waals surface area contributed by atoms with Gasteiger partial charge in [0.25, 0.3) is 0 Å². The summed E-state index contributed by atoms with van der Waals surface area (Å²) >= 11 is 3.40. The number of anilines is 3. The molecule has 6 aromatic carbocycles. The van der Waals surface area contributed by atoms with Crippen LogP contribution in [0.1, 0.15) is 0 Å². The molecule has 198 valence electrons. The minimum Gasteiger partial charge on any atom is -0.456 e. The minimum absolute atomic E-state index is 0.856. The van der Waals surface area contributed by atoms with Crippen LogP contribution in [-0.4, -0.2) is 9.97 Å². The lowest BCUT2D eigenvalue weighted by Crippen LogP contribution is -2.09. The van der Waals surface area contributed by atoms with Gasteiger partial charge in [-0.3, -0.25) is 4.90 Å². The van der Waals surface area contributed by atoms with Crippen LogP contribution in [0.25, 0.3) is 63.7 Å². The van der Waals surface area contributed by atoms with E-state index in [2.05, 4.69) is 120 Å². The molecule has 0 amide bonds. The molecule has 42 heavy (non-hydrogen) atoms. The van der Waals surface area contributed by atoms with Crippen LogP contribution in [0.3, 0.4) is 0 Å². The predicted octanol–water partition coefficient (Wildman–Crippen LogP) is 11.1. The monoisotopic (exact) mass is 575 g/mol. The quantitative estimate of drug-likeness (QED) is 0.209. The number of aromatic nitrogens is 2. The van der Waals surface area contributed by atoms with Gasteiger partial charge in [0.15, 0.2) is 5.13 Å². The van der Waals surface area contributed by atoms with Crippen molar-refractivity contribution in [3.63, 3.8) is 0 Å². The molecule has 3 aromatic heterocycles. The van der Waals surface area contributed by atoms with Gasteiger partial charge in [0.05, 0.1) is 26.1 Å².